The molecular formula is C23H22ClFN2O5S. The first-order valence-corrected chi connectivity index (χ1v) is 11.6. The van der Waals surface area contributed by atoms with Gasteiger partial charge in [-0.3, -0.25) is 4.79 Å². The predicted molar refractivity (Wildman–Crippen MR) is 124 cm³/mol. The molecule has 33 heavy (non-hydrogen) atoms. The van der Waals surface area contributed by atoms with Crippen molar-refractivity contribution in [2.45, 2.75) is 11.3 Å². The van der Waals surface area contributed by atoms with Crippen LogP contribution in [0, 0.1) is 5.82 Å². The number of hydrogen-bond acceptors (Lipinski definition) is 5. The summed E-state index contributed by atoms with van der Waals surface area (Å²) >= 11 is 6.08. The summed E-state index contributed by atoms with van der Waals surface area (Å²) in [6.45, 7) is -0.515. The highest BCUT2D eigenvalue weighted by Crippen LogP contribution is 2.29. The van der Waals surface area contributed by atoms with Gasteiger partial charge in [0.15, 0.2) is 11.5 Å². The van der Waals surface area contributed by atoms with Gasteiger partial charge in [-0.2, -0.15) is 0 Å². The fourth-order valence-electron chi connectivity index (χ4n) is 3.10. The number of halogens is 2. The second-order valence-corrected chi connectivity index (χ2v) is 9.16. The Morgan fingerprint density at radius 1 is 0.970 bits per heavy atom. The van der Waals surface area contributed by atoms with Gasteiger partial charge in [0.25, 0.3) is 0 Å². The van der Waals surface area contributed by atoms with Crippen molar-refractivity contribution >= 4 is 33.2 Å². The maximum atomic E-state index is 14.1. The van der Waals surface area contributed by atoms with E-state index >= 15 is 0 Å². The number of carbonyl (C=O) groups is 1. The van der Waals surface area contributed by atoms with Gasteiger partial charge < -0.3 is 14.8 Å². The van der Waals surface area contributed by atoms with E-state index < -0.39 is 22.5 Å². The molecule has 0 saturated carbocycles. The number of hydrogen-bond donors (Lipinski definition) is 2. The van der Waals surface area contributed by atoms with Gasteiger partial charge in [0.1, 0.15) is 5.82 Å². The Morgan fingerprint density at radius 3 is 2.39 bits per heavy atom. The highest BCUT2D eigenvalue weighted by molar-refractivity contribution is 7.89. The molecule has 1 amide bonds. The number of rotatable bonds is 9. The molecule has 0 unspecified atom stereocenters. The molecule has 0 atom stereocenters. The molecule has 0 aromatic heterocycles. The fourth-order valence-corrected chi connectivity index (χ4v) is 4.29. The molecule has 0 saturated heterocycles. The molecule has 0 aliphatic heterocycles. The van der Waals surface area contributed by atoms with Crippen molar-refractivity contribution in [1.82, 2.24) is 4.72 Å². The predicted octanol–water partition coefficient (Wildman–Crippen LogP) is 4.00. The van der Waals surface area contributed by atoms with Gasteiger partial charge in [-0.25, -0.2) is 17.5 Å². The lowest BCUT2D eigenvalue weighted by Gasteiger charge is -2.13. The number of sulfonamides is 1. The largest absolute Gasteiger partial charge is 0.493 e. The van der Waals surface area contributed by atoms with Crippen molar-refractivity contribution in [2.75, 3.05) is 26.1 Å². The van der Waals surface area contributed by atoms with Crippen LogP contribution >= 0.6 is 11.6 Å². The molecule has 0 spiro atoms. The van der Waals surface area contributed by atoms with Crippen molar-refractivity contribution in [3.63, 3.8) is 0 Å². The zero-order chi connectivity index (χ0) is 24.0. The Labute approximate surface area is 196 Å². The van der Waals surface area contributed by atoms with Crippen molar-refractivity contribution < 1.29 is 27.1 Å². The van der Waals surface area contributed by atoms with E-state index in [0.29, 0.717) is 27.6 Å². The Hall–Kier alpha value is -3.14. The molecule has 3 rings (SSSR count). The number of nitrogens with one attached hydrogen (secondary N) is 2. The molecule has 10 heteroatoms. The lowest BCUT2D eigenvalue weighted by molar-refractivity contribution is -0.115. The third-order valence-electron chi connectivity index (χ3n) is 4.77. The summed E-state index contributed by atoms with van der Waals surface area (Å²) in [4.78, 5) is 12.4. The van der Waals surface area contributed by atoms with Crippen molar-refractivity contribution in [3.8, 4) is 11.5 Å². The molecule has 174 valence electrons. The van der Waals surface area contributed by atoms with E-state index in [1.54, 1.807) is 36.4 Å². The van der Waals surface area contributed by atoms with Crippen LogP contribution in [-0.2, 0) is 21.2 Å². The van der Waals surface area contributed by atoms with Gasteiger partial charge >= 0.3 is 0 Å². The summed E-state index contributed by atoms with van der Waals surface area (Å²) in [6, 6.07) is 15.2. The van der Waals surface area contributed by atoms with Crippen LogP contribution in [0.4, 0.5) is 10.1 Å². The summed E-state index contributed by atoms with van der Waals surface area (Å²) in [5.74, 6) is -0.364. The number of anilines is 1. The molecule has 0 bridgehead atoms. The normalized spacial score (nSPS) is 11.2. The minimum atomic E-state index is -3.99. The molecular weight excluding hydrogens is 471 g/mol. The van der Waals surface area contributed by atoms with E-state index in [9.17, 15) is 17.6 Å². The first-order valence-electron chi connectivity index (χ1n) is 9.77. The molecule has 2 N–H and O–H groups in total. The van der Waals surface area contributed by atoms with E-state index in [-0.39, 0.29) is 22.9 Å². The van der Waals surface area contributed by atoms with Crippen LogP contribution < -0.4 is 19.5 Å². The standard InChI is InChI=1S/C23H22ClFN2O5S/c1-31-21-10-8-18(13-22(21)32-2)33(29,30)26-14-23(28)27-20-9-7-17(24)12-16(20)11-15-5-3-4-6-19(15)25/h3-10,12-13,26H,11,14H2,1-2H3,(H,27,28). The quantitative estimate of drug-likeness (QED) is 0.471. The van der Waals surface area contributed by atoms with Crippen LogP contribution in [0.1, 0.15) is 11.1 Å². The van der Waals surface area contributed by atoms with Crippen LogP contribution in [0.15, 0.2) is 65.6 Å². The third kappa shape index (κ3) is 6.22. The lowest BCUT2D eigenvalue weighted by Crippen LogP contribution is -2.33. The first kappa shape index (κ1) is 24.5. The highest BCUT2D eigenvalue weighted by Gasteiger charge is 2.19. The first-order chi connectivity index (χ1) is 15.7. The van der Waals surface area contributed by atoms with Gasteiger partial charge in [0.05, 0.1) is 25.7 Å². The number of methoxy groups -OCH3 is 2. The van der Waals surface area contributed by atoms with Gasteiger partial charge in [0.2, 0.25) is 15.9 Å². The van der Waals surface area contributed by atoms with Crippen molar-refractivity contribution in [3.05, 3.63) is 82.6 Å². The van der Waals surface area contributed by atoms with Crippen LogP contribution in [-0.4, -0.2) is 35.1 Å². The maximum Gasteiger partial charge on any atom is 0.241 e. The van der Waals surface area contributed by atoms with Crippen LogP contribution in [0.5, 0.6) is 11.5 Å². The van der Waals surface area contributed by atoms with E-state index in [4.69, 9.17) is 21.1 Å². The van der Waals surface area contributed by atoms with E-state index in [1.807, 2.05) is 0 Å². The Morgan fingerprint density at radius 2 is 1.70 bits per heavy atom. The molecule has 3 aromatic rings. The Kier molecular flexibility index (Phi) is 7.91. The number of benzene rings is 3. The van der Waals surface area contributed by atoms with Crippen LogP contribution in [0.3, 0.4) is 0 Å². The van der Waals surface area contributed by atoms with E-state index in [1.165, 1.54) is 38.5 Å². The fraction of sp³-hybridized carbons (Fsp3) is 0.174. The Balaban J connectivity index is 1.72. The summed E-state index contributed by atoms with van der Waals surface area (Å²) in [5.41, 5.74) is 1.42. The summed E-state index contributed by atoms with van der Waals surface area (Å²) in [6.07, 6.45) is 0.195. The third-order valence-corrected chi connectivity index (χ3v) is 6.40. The smallest absolute Gasteiger partial charge is 0.241 e. The minimum absolute atomic E-state index is 0.0836. The van der Waals surface area contributed by atoms with Gasteiger partial charge in [0, 0.05) is 23.2 Å². The molecule has 7 nitrogen and oxygen atoms in total. The average Bonchev–Trinajstić information content (AvgIpc) is 2.80. The molecule has 0 aliphatic carbocycles. The molecule has 0 aliphatic rings. The highest BCUT2D eigenvalue weighted by atomic mass is 35.5. The van der Waals surface area contributed by atoms with Crippen LogP contribution in [0.25, 0.3) is 0 Å². The van der Waals surface area contributed by atoms with Crippen molar-refractivity contribution in [2.24, 2.45) is 0 Å². The summed E-state index contributed by atoms with van der Waals surface area (Å²) < 4.78 is 51.7. The average molecular weight is 493 g/mol. The minimum Gasteiger partial charge on any atom is -0.493 e. The monoisotopic (exact) mass is 492 g/mol. The molecule has 0 fully saturated rings. The van der Waals surface area contributed by atoms with Gasteiger partial charge in [-0.1, -0.05) is 29.8 Å². The second kappa shape index (κ2) is 10.7. The zero-order valence-electron chi connectivity index (χ0n) is 17.9. The molecule has 3 aromatic carbocycles. The number of amides is 1. The van der Waals surface area contributed by atoms with E-state index in [2.05, 4.69) is 10.0 Å². The summed E-state index contributed by atoms with van der Waals surface area (Å²) in [7, 11) is -1.17. The summed E-state index contributed by atoms with van der Waals surface area (Å²) in [5, 5.41) is 3.08. The SMILES string of the molecule is COc1ccc(S(=O)(=O)NCC(=O)Nc2ccc(Cl)cc2Cc2ccccc2F)cc1OC. The lowest BCUT2D eigenvalue weighted by atomic mass is 10.0. The van der Waals surface area contributed by atoms with Gasteiger partial charge in [-0.05, 0) is 47.5 Å². The second-order valence-electron chi connectivity index (χ2n) is 6.96. The van der Waals surface area contributed by atoms with Crippen molar-refractivity contribution in [1.29, 1.82) is 0 Å². The van der Waals surface area contributed by atoms with E-state index in [0.717, 1.165) is 0 Å². The number of ether oxygens (including phenoxy) is 2. The van der Waals surface area contributed by atoms with Crippen LogP contribution in [0.2, 0.25) is 5.02 Å². The van der Waals surface area contributed by atoms with Gasteiger partial charge in [-0.15, -0.1) is 0 Å². The molecule has 0 heterocycles. The Bertz CT molecular complexity index is 1270. The topological polar surface area (TPSA) is 93.7 Å². The number of carbonyl (C=O) groups excluding carboxylic acids is 1. The zero-order valence-corrected chi connectivity index (χ0v) is 19.5. The molecule has 0 radical (unpaired) electrons. The maximum absolute atomic E-state index is 14.1.